The summed E-state index contributed by atoms with van der Waals surface area (Å²) in [4.78, 5) is 0. The van der Waals surface area contributed by atoms with E-state index in [0.717, 1.165) is 6.42 Å². The van der Waals surface area contributed by atoms with Gasteiger partial charge in [0.15, 0.2) is 0 Å². The van der Waals surface area contributed by atoms with Crippen LogP contribution in [0.3, 0.4) is 0 Å². The van der Waals surface area contributed by atoms with Gasteiger partial charge in [-0.05, 0) is 35.7 Å². The van der Waals surface area contributed by atoms with Crippen molar-refractivity contribution < 1.29 is 13.9 Å². The van der Waals surface area contributed by atoms with Crippen molar-refractivity contribution in [2.75, 3.05) is 20.5 Å². The number of hydrogen-bond acceptors (Lipinski definition) is 3. The lowest BCUT2D eigenvalue weighted by atomic mass is 10.1. The number of methoxy groups -OCH3 is 1. The average molecular weight is 387 g/mol. The molecular formula is C23H34O3Si. The SMILES string of the molecule is COCOC(C)(C)CCO[Si](c1ccccc1)(c1ccccc1)C(C)(C)C. The van der Waals surface area contributed by atoms with Crippen LogP contribution in [-0.4, -0.2) is 34.4 Å². The Morgan fingerprint density at radius 2 is 1.26 bits per heavy atom. The maximum absolute atomic E-state index is 6.90. The van der Waals surface area contributed by atoms with Gasteiger partial charge in [0, 0.05) is 13.7 Å². The molecule has 0 radical (unpaired) electrons. The maximum atomic E-state index is 6.90. The average Bonchev–Trinajstić information content (AvgIpc) is 2.64. The summed E-state index contributed by atoms with van der Waals surface area (Å²) in [6, 6.07) is 21.5. The third-order valence-corrected chi connectivity index (χ3v) is 10.0. The van der Waals surface area contributed by atoms with Crippen molar-refractivity contribution in [3.05, 3.63) is 60.7 Å². The largest absolute Gasteiger partial charge is 0.407 e. The van der Waals surface area contributed by atoms with Gasteiger partial charge in [-0.25, -0.2) is 0 Å². The van der Waals surface area contributed by atoms with Crippen LogP contribution in [0.15, 0.2) is 60.7 Å². The van der Waals surface area contributed by atoms with Gasteiger partial charge in [-0.15, -0.1) is 0 Å². The monoisotopic (exact) mass is 386 g/mol. The molecule has 0 unspecified atom stereocenters. The zero-order valence-electron chi connectivity index (χ0n) is 17.6. The van der Waals surface area contributed by atoms with Crippen LogP contribution in [0.2, 0.25) is 5.04 Å². The lowest BCUT2D eigenvalue weighted by Gasteiger charge is -2.43. The van der Waals surface area contributed by atoms with Gasteiger partial charge in [0.05, 0.1) is 5.60 Å². The van der Waals surface area contributed by atoms with E-state index < -0.39 is 8.32 Å². The fraction of sp³-hybridized carbons (Fsp3) is 0.478. The highest BCUT2D eigenvalue weighted by Crippen LogP contribution is 2.37. The number of hydrogen-bond donors (Lipinski definition) is 0. The normalized spacial score (nSPS) is 13.0. The summed E-state index contributed by atoms with van der Waals surface area (Å²) < 4.78 is 17.8. The van der Waals surface area contributed by atoms with E-state index >= 15 is 0 Å². The Morgan fingerprint density at radius 3 is 1.67 bits per heavy atom. The fourth-order valence-electron chi connectivity index (χ4n) is 3.50. The lowest BCUT2D eigenvalue weighted by molar-refractivity contribution is -0.120. The number of benzene rings is 2. The van der Waals surface area contributed by atoms with Crippen molar-refractivity contribution in [2.45, 2.75) is 51.7 Å². The van der Waals surface area contributed by atoms with Crippen LogP contribution >= 0.6 is 0 Å². The minimum absolute atomic E-state index is 0.00671. The summed E-state index contributed by atoms with van der Waals surface area (Å²) in [7, 11) is -0.819. The molecule has 0 atom stereocenters. The highest BCUT2D eigenvalue weighted by Gasteiger charge is 2.50. The van der Waals surface area contributed by atoms with Gasteiger partial charge in [-0.3, -0.25) is 0 Å². The molecular weight excluding hydrogens is 352 g/mol. The second-order valence-corrected chi connectivity index (χ2v) is 12.9. The van der Waals surface area contributed by atoms with Crippen LogP contribution in [-0.2, 0) is 13.9 Å². The van der Waals surface area contributed by atoms with Crippen molar-refractivity contribution in [3.8, 4) is 0 Å². The van der Waals surface area contributed by atoms with Crippen LogP contribution in [0.1, 0.15) is 41.0 Å². The first kappa shape index (κ1) is 21.8. The second-order valence-electron chi connectivity index (χ2n) is 8.57. The van der Waals surface area contributed by atoms with Crippen LogP contribution in [0.25, 0.3) is 0 Å². The molecule has 0 saturated carbocycles. The molecule has 0 amide bonds. The molecule has 2 rings (SSSR count). The van der Waals surface area contributed by atoms with Crippen molar-refractivity contribution >= 4 is 18.7 Å². The Morgan fingerprint density at radius 1 is 0.778 bits per heavy atom. The molecule has 0 heterocycles. The third-order valence-electron chi connectivity index (χ3n) is 5.01. The molecule has 0 saturated heterocycles. The van der Waals surface area contributed by atoms with Crippen molar-refractivity contribution in [1.82, 2.24) is 0 Å². The fourth-order valence-corrected chi connectivity index (χ4v) is 8.07. The first-order valence-corrected chi connectivity index (χ1v) is 11.5. The lowest BCUT2D eigenvalue weighted by Crippen LogP contribution is -2.66. The highest BCUT2D eigenvalue weighted by atomic mass is 28.4. The van der Waals surface area contributed by atoms with Crippen LogP contribution in [0.5, 0.6) is 0 Å². The molecule has 2 aromatic rings. The van der Waals surface area contributed by atoms with Gasteiger partial charge in [-0.2, -0.15) is 0 Å². The third kappa shape index (κ3) is 5.29. The van der Waals surface area contributed by atoms with E-state index in [2.05, 4.69) is 95.3 Å². The Labute approximate surface area is 165 Å². The summed E-state index contributed by atoms with van der Waals surface area (Å²) >= 11 is 0. The molecule has 0 fully saturated rings. The Bertz CT molecular complexity index is 638. The van der Waals surface area contributed by atoms with E-state index in [-0.39, 0.29) is 10.6 Å². The van der Waals surface area contributed by atoms with Crippen LogP contribution in [0, 0.1) is 0 Å². The molecule has 4 heteroatoms. The van der Waals surface area contributed by atoms with Gasteiger partial charge >= 0.3 is 0 Å². The second kappa shape index (κ2) is 9.15. The van der Waals surface area contributed by atoms with Crippen molar-refractivity contribution in [3.63, 3.8) is 0 Å². The van der Waals surface area contributed by atoms with E-state index in [1.165, 1.54) is 10.4 Å². The number of rotatable bonds is 9. The predicted molar refractivity (Wildman–Crippen MR) is 115 cm³/mol. The van der Waals surface area contributed by atoms with E-state index in [9.17, 15) is 0 Å². The molecule has 0 aliphatic heterocycles. The first-order valence-electron chi connectivity index (χ1n) is 9.61. The Hall–Kier alpha value is -1.46. The zero-order chi connectivity index (χ0) is 20.0. The van der Waals surface area contributed by atoms with Gasteiger partial charge in [-0.1, -0.05) is 81.4 Å². The minimum atomic E-state index is -2.47. The molecule has 3 nitrogen and oxygen atoms in total. The summed E-state index contributed by atoms with van der Waals surface area (Å²) in [5, 5.41) is 2.60. The van der Waals surface area contributed by atoms with E-state index in [1.54, 1.807) is 7.11 Å². The smallest absolute Gasteiger partial charge is 0.261 e. The van der Waals surface area contributed by atoms with E-state index in [1.807, 2.05) is 0 Å². The molecule has 0 spiro atoms. The molecule has 0 aromatic heterocycles. The highest BCUT2D eigenvalue weighted by molar-refractivity contribution is 6.99. The number of ether oxygens (including phenoxy) is 2. The van der Waals surface area contributed by atoms with Crippen LogP contribution in [0.4, 0.5) is 0 Å². The summed E-state index contributed by atoms with van der Waals surface area (Å²) in [6.45, 7) is 12.0. The van der Waals surface area contributed by atoms with E-state index in [0.29, 0.717) is 13.4 Å². The molecule has 0 N–H and O–H groups in total. The van der Waals surface area contributed by atoms with Gasteiger partial charge in [0.2, 0.25) is 0 Å². The first-order chi connectivity index (χ1) is 12.7. The van der Waals surface area contributed by atoms with E-state index in [4.69, 9.17) is 13.9 Å². The topological polar surface area (TPSA) is 27.7 Å². The van der Waals surface area contributed by atoms with Gasteiger partial charge in [0.1, 0.15) is 6.79 Å². The Kier molecular flexibility index (Phi) is 7.40. The van der Waals surface area contributed by atoms with Crippen molar-refractivity contribution in [2.24, 2.45) is 0 Å². The Balaban J connectivity index is 2.38. The summed E-state index contributed by atoms with van der Waals surface area (Å²) in [6.07, 6.45) is 0.806. The molecule has 0 aliphatic rings. The standard InChI is InChI=1S/C23H34O3Si/c1-22(2,3)27(20-13-9-7-10-14-20,21-15-11-8-12-16-21)26-18-17-23(4,5)25-19-24-6/h7-16H,17-19H2,1-6H3. The van der Waals surface area contributed by atoms with Crippen molar-refractivity contribution in [1.29, 1.82) is 0 Å². The zero-order valence-corrected chi connectivity index (χ0v) is 18.6. The predicted octanol–water partition coefficient (Wildman–Crippen LogP) is 4.35. The molecule has 148 valence electrons. The summed E-state index contributed by atoms with van der Waals surface area (Å²) in [5.41, 5.74) is -0.290. The quantitative estimate of drug-likeness (QED) is 0.474. The summed E-state index contributed by atoms with van der Waals surface area (Å²) in [5.74, 6) is 0. The molecule has 0 aliphatic carbocycles. The van der Waals surface area contributed by atoms with Gasteiger partial charge in [0.25, 0.3) is 8.32 Å². The van der Waals surface area contributed by atoms with Gasteiger partial charge < -0.3 is 13.9 Å². The van der Waals surface area contributed by atoms with Crippen LogP contribution < -0.4 is 10.4 Å². The minimum Gasteiger partial charge on any atom is -0.407 e. The molecule has 2 aromatic carbocycles. The maximum Gasteiger partial charge on any atom is 0.261 e. The molecule has 0 bridgehead atoms. The molecule has 27 heavy (non-hydrogen) atoms.